The lowest BCUT2D eigenvalue weighted by Crippen LogP contribution is -2.50. The maximum atomic E-state index is 13.2. The maximum Gasteiger partial charge on any atom is 0.276 e. The molecule has 4 aromatic rings. The lowest BCUT2D eigenvalue weighted by Gasteiger charge is -2.30. The Hall–Kier alpha value is -4.77. The van der Waals surface area contributed by atoms with E-state index in [1.54, 1.807) is 26.0 Å². The molecule has 1 unspecified atom stereocenters. The highest BCUT2D eigenvalue weighted by Crippen LogP contribution is 2.36. The molecule has 2 aromatic carbocycles. The number of ether oxygens (including phenoxy) is 1. The minimum atomic E-state index is -4.07. The summed E-state index contributed by atoms with van der Waals surface area (Å²) in [6.07, 6.45) is -1.66. The number of hydrogen-bond donors (Lipinski definition) is 1. The van der Waals surface area contributed by atoms with Gasteiger partial charge in [0.1, 0.15) is 4.90 Å². The van der Waals surface area contributed by atoms with Crippen molar-refractivity contribution >= 4 is 44.9 Å². The number of rotatable bonds is 9. The van der Waals surface area contributed by atoms with E-state index < -0.39 is 27.0 Å². The number of sulfonamides is 1. The van der Waals surface area contributed by atoms with Crippen LogP contribution >= 0.6 is 11.8 Å². The van der Waals surface area contributed by atoms with Crippen LogP contribution in [0.25, 0.3) is 5.69 Å². The molecule has 0 saturated heterocycles. The zero-order chi connectivity index (χ0) is 29.5. The van der Waals surface area contributed by atoms with Gasteiger partial charge >= 0.3 is 0 Å². The summed E-state index contributed by atoms with van der Waals surface area (Å²) in [4.78, 5) is 27.8. The quantitative estimate of drug-likeness (QED) is 0.169. The van der Waals surface area contributed by atoms with Gasteiger partial charge in [0.05, 0.1) is 22.0 Å². The number of aliphatic imine (C=N–C) groups is 1. The highest BCUT2D eigenvalue weighted by atomic mass is 32.2. The smallest absolute Gasteiger partial charge is 0.276 e. The molecule has 0 aliphatic carbocycles. The number of primary amides is 1. The fraction of sp³-hybridized carbons (Fsp3) is 0.208. The van der Waals surface area contributed by atoms with Gasteiger partial charge in [0.25, 0.3) is 26.8 Å². The molecular formula is C24H22N8O7S2. The van der Waals surface area contributed by atoms with Gasteiger partial charge in [0, 0.05) is 37.4 Å². The Kier molecular flexibility index (Phi) is 7.22. The number of nitro benzene ring substituents is 1. The average molecular weight is 599 g/mol. The number of fused-ring (bicyclic) bond motifs is 1. The van der Waals surface area contributed by atoms with Gasteiger partial charge in [-0.1, -0.05) is 23.9 Å². The van der Waals surface area contributed by atoms with E-state index in [9.17, 15) is 23.3 Å². The Morgan fingerprint density at radius 2 is 1.88 bits per heavy atom. The fourth-order valence-electron chi connectivity index (χ4n) is 3.99. The van der Waals surface area contributed by atoms with Crippen LogP contribution in [0.2, 0.25) is 0 Å². The number of non-ortho nitro benzene ring substituents is 1. The summed E-state index contributed by atoms with van der Waals surface area (Å²) in [6, 6.07) is 11.6. The number of aromatic nitrogens is 4. The van der Waals surface area contributed by atoms with Crippen LogP contribution in [0.3, 0.4) is 0 Å². The van der Waals surface area contributed by atoms with Crippen LogP contribution in [-0.4, -0.2) is 62.5 Å². The molecule has 212 valence electrons. The van der Waals surface area contributed by atoms with Gasteiger partial charge in [0.15, 0.2) is 5.84 Å². The van der Waals surface area contributed by atoms with Crippen molar-refractivity contribution < 1.29 is 27.3 Å². The first kappa shape index (κ1) is 27.8. The number of carbonyl (C=O) groups excluding carboxylic acids is 1. The monoisotopic (exact) mass is 598 g/mol. The molecule has 1 aliphatic rings. The summed E-state index contributed by atoms with van der Waals surface area (Å²) in [7, 11) is -2.82. The number of para-hydroxylation sites is 1. The summed E-state index contributed by atoms with van der Waals surface area (Å²) in [5, 5.41) is 23.8. The first-order valence-electron chi connectivity index (χ1n) is 11.9. The van der Waals surface area contributed by atoms with Crippen molar-refractivity contribution in [2.24, 2.45) is 10.7 Å². The molecule has 0 bridgehead atoms. The third-order valence-corrected chi connectivity index (χ3v) is 8.73. The van der Waals surface area contributed by atoms with Gasteiger partial charge in [-0.3, -0.25) is 19.2 Å². The zero-order valence-electron chi connectivity index (χ0n) is 21.8. The molecule has 1 atom stereocenters. The molecule has 0 spiro atoms. The number of benzene rings is 2. The van der Waals surface area contributed by atoms with Crippen molar-refractivity contribution in [1.82, 2.24) is 24.3 Å². The normalized spacial score (nSPS) is 14.7. The van der Waals surface area contributed by atoms with E-state index in [2.05, 4.69) is 20.3 Å². The molecule has 1 amide bonds. The number of carbonyl (C=O) groups is 1. The van der Waals surface area contributed by atoms with Gasteiger partial charge in [0.2, 0.25) is 17.9 Å². The fourth-order valence-corrected chi connectivity index (χ4v) is 6.18. The van der Waals surface area contributed by atoms with Crippen LogP contribution < -0.4 is 10.5 Å². The molecule has 1 aliphatic heterocycles. The lowest BCUT2D eigenvalue weighted by atomic mass is 10.2. The number of aryl methyl sites for hydroxylation is 2. The maximum absolute atomic E-state index is 13.2. The van der Waals surface area contributed by atoms with Gasteiger partial charge in [-0.25, -0.2) is 18.1 Å². The summed E-state index contributed by atoms with van der Waals surface area (Å²) in [5.74, 6) is -0.654. The van der Waals surface area contributed by atoms with Gasteiger partial charge < -0.3 is 14.9 Å². The Morgan fingerprint density at radius 3 is 2.51 bits per heavy atom. The summed E-state index contributed by atoms with van der Waals surface area (Å²) < 4.78 is 40.3. The highest BCUT2D eigenvalue weighted by Gasteiger charge is 2.39. The van der Waals surface area contributed by atoms with Crippen LogP contribution in [-0.2, 0) is 20.6 Å². The second-order valence-corrected chi connectivity index (χ2v) is 11.6. The van der Waals surface area contributed by atoms with E-state index in [1.807, 2.05) is 0 Å². The van der Waals surface area contributed by atoms with Crippen molar-refractivity contribution in [1.29, 1.82) is 0 Å². The minimum absolute atomic E-state index is 0.0341. The number of nitrogens with zero attached hydrogens (tertiary/aromatic N) is 7. The van der Waals surface area contributed by atoms with Crippen LogP contribution in [0.4, 0.5) is 11.4 Å². The largest absolute Gasteiger partial charge is 0.456 e. The van der Waals surface area contributed by atoms with E-state index in [4.69, 9.17) is 14.9 Å². The number of likely N-dealkylation sites (N-methyl/N-ethyl adjacent to an activating group) is 1. The third kappa shape index (κ3) is 5.23. The molecule has 2 N–H and O–H groups in total. The predicted molar refractivity (Wildman–Crippen MR) is 146 cm³/mol. The Morgan fingerprint density at radius 1 is 1.17 bits per heavy atom. The molecule has 17 heteroatoms. The summed E-state index contributed by atoms with van der Waals surface area (Å²) in [6.45, 7) is 3.35. The average Bonchev–Trinajstić information content (AvgIpc) is 3.50. The van der Waals surface area contributed by atoms with Gasteiger partial charge in [-0.15, -0.1) is 10.2 Å². The van der Waals surface area contributed by atoms with Crippen molar-refractivity contribution in [2.45, 2.75) is 35.8 Å². The number of nitro groups is 1. The zero-order valence-corrected chi connectivity index (χ0v) is 23.4. The van der Waals surface area contributed by atoms with Crippen LogP contribution in [0, 0.1) is 24.0 Å². The van der Waals surface area contributed by atoms with E-state index in [-0.39, 0.29) is 39.0 Å². The Bertz CT molecular complexity index is 1800. The van der Waals surface area contributed by atoms with Crippen LogP contribution in [0.15, 0.2) is 68.1 Å². The molecular weight excluding hydrogens is 576 g/mol. The highest BCUT2D eigenvalue weighted by molar-refractivity contribution is 7.98. The number of amidine groups is 1. The number of hydrogen-bond acceptors (Lipinski definition) is 12. The first-order chi connectivity index (χ1) is 19.5. The van der Waals surface area contributed by atoms with E-state index >= 15 is 0 Å². The standard InChI is InChI=1S/C24H22N8O7S2/c1-13-17(12-40-24-28-27-14(2)38-24)23(31(29-13)15-8-10-16(11-9-15)32(34)35)39-20(21(25)33)22-26-18-6-4-5-7-19(18)41(36,37)30(22)3/h4-11,20H,12H2,1-3H3,(H2,25,33). The van der Waals surface area contributed by atoms with Crippen LogP contribution in [0.5, 0.6) is 5.88 Å². The second-order valence-electron chi connectivity index (χ2n) is 8.74. The Labute approximate surface area is 237 Å². The lowest BCUT2D eigenvalue weighted by molar-refractivity contribution is -0.384. The molecule has 3 heterocycles. The van der Waals surface area contributed by atoms with E-state index in [0.29, 0.717) is 22.8 Å². The van der Waals surface area contributed by atoms with Crippen molar-refractivity contribution in [2.75, 3.05) is 7.05 Å². The summed E-state index contributed by atoms with van der Waals surface area (Å²) >= 11 is 1.18. The first-order valence-corrected chi connectivity index (χ1v) is 14.3. The third-order valence-electron chi connectivity index (χ3n) is 6.07. The molecule has 0 saturated carbocycles. The van der Waals surface area contributed by atoms with Gasteiger partial charge in [-0.05, 0) is 31.2 Å². The molecule has 41 heavy (non-hydrogen) atoms. The van der Waals surface area contributed by atoms with Crippen molar-refractivity contribution in [3.05, 3.63) is 75.8 Å². The Balaban J connectivity index is 1.61. The number of nitrogens with two attached hydrogens (primary N) is 1. The molecule has 2 aromatic heterocycles. The van der Waals surface area contributed by atoms with E-state index in [1.165, 1.54) is 59.9 Å². The van der Waals surface area contributed by atoms with E-state index in [0.717, 1.165) is 4.31 Å². The molecule has 15 nitrogen and oxygen atoms in total. The van der Waals surface area contributed by atoms with Crippen LogP contribution in [0.1, 0.15) is 17.1 Å². The second kappa shape index (κ2) is 10.7. The molecule has 5 rings (SSSR count). The van der Waals surface area contributed by atoms with Crippen molar-refractivity contribution in [3.8, 4) is 11.6 Å². The van der Waals surface area contributed by atoms with Gasteiger partial charge in [-0.2, -0.15) is 5.10 Å². The topological polar surface area (TPSA) is 202 Å². The number of thioether (sulfide) groups is 1. The summed E-state index contributed by atoms with van der Waals surface area (Å²) in [5.41, 5.74) is 7.09. The SMILES string of the molecule is Cc1nnc(SCc2c(C)nn(-c3ccc([N+](=O)[O-])cc3)c2OC(C(N)=O)C2=Nc3ccccc3S(=O)(=O)N2C)o1. The number of amides is 1. The minimum Gasteiger partial charge on any atom is -0.456 e. The molecule has 0 radical (unpaired) electrons. The predicted octanol–water partition coefficient (Wildman–Crippen LogP) is 2.67. The molecule has 0 fully saturated rings. The van der Waals surface area contributed by atoms with Crippen molar-refractivity contribution in [3.63, 3.8) is 0 Å².